The van der Waals surface area contributed by atoms with E-state index in [2.05, 4.69) is 35.2 Å². The molecule has 2 aromatic carbocycles. The summed E-state index contributed by atoms with van der Waals surface area (Å²) in [5, 5.41) is 9.10. The molecule has 0 unspecified atom stereocenters. The molecular formula is C28H32N2O4. The molecule has 0 radical (unpaired) electrons. The average molecular weight is 461 g/mol. The van der Waals surface area contributed by atoms with Crippen LogP contribution >= 0.6 is 0 Å². The summed E-state index contributed by atoms with van der Waals surface area (Å²) < 4.78 is 12.0. The molecular weight excluding hydrogens is 428 g/mol. The molecule has 34 heavy (non-hydrogen) atoms. The molecule has 1 aliphatic heterocycles. The second-order valence-corrected chi connectivity index (χ2v) is 9.41. The Morgan fingerprint density at radius 1 is 1.15 bits per heavy atom. The number of hydrogen-bond donors (Lipinski definition) is 1. The highest BCUT2D eigenvalue weighted by Crippen LogP contribution is 2.37. The quantitative estimate of drug-likeness (QED) is 0.460. The lowest BCUT2D eigenvalue weighted by Crippen LogP contribution is -2.29. The maximum Gasteiger partial charge on any atom is 0.303 e. The van der Waals surface area contributed by atoms with Crippen LogP contribution in [-0.4, -0.2) is 35.8 Å². The summed E-state index contributed by atoms with van der Waals surface area (Å²) in [6.07, 6.45) is 6.53. The highest BCUT2D eigenvalue weighted by Gasteiger charge is 2.25. The lowest BCUT2D eigenvalue weighted by Gasteiger charge is -2.28. The van der Waals surface area contributed by atoms with Gasteiger partial charge in [-0.3, -0.25) is 4.79 Å². The van der Waals surface area contributed by atoms with Crippen molar-refractivity contribution in [1.82, 2.24) is 4.98 Å². The van der Waals surface area contributed by atoms with Crippen LogP contribution in [0.1, 0.15) is 60.6 Å². The third-order valence-electron chi connectivity index (χ3n) is 7.07. The zero-order valence-electron chi connectivity index (χ0n) is 19.8. The minimum atomic E-state index is -0.738. The summed E-state index contributed by atoms with van der Waals surface area (Å²) in [7, 11) is 0. The fourth-order valence-corrected chi connectivity index (χ4v) is 5.21. The standard InChI is InChI=1S/C28H32N2O4/c1-19-26(13-16-33-24-11-12-25-21(17-24)5-6-22(25)18-27(31)32)29-28(34-19)20-7-9-23(10-8-20)30-14-3-2-4-15-30/h7-12,17,22H,2-6,13-16,18H2,1H3,(H,31,32)/t22-/m0/s1. The summed E-state index contributed by atoms with van der Waals surface area (Å²) >= 11 is 0. The number of piperidine rings is 1. The zero-order valence-corrected chi connectivity index (χ0v) is 19.8. The molecule has 6 nitrogen and oxygen atoms in total. The Labute approximate surface area is 200 Å². The van der Waals surface area contributed by atoms with Crippen molar-refractivity contribution in [2.45, 2.75) is 57.8 Å². The number of carboxylic acid groups (broad SMARTS) is 1. The molecule has 1 aromatic heterocycles. The molecule has 1 atom stereocenters. The Balaban J connectivity index is 1.18. The fourth-order valence-electron chi connectivity index (χ4n) is 5.21. The van der Waals surface area contributed by atoms with Crippen molar-refractivity contribution >= 4 is 11.7 Å². The first-order valence-corrected chi connectivity index (χ1v) is 12.4. The Bertz CT molecular complexity index is 1150. The Kier molecular flexibility index (Phi) is 6.57. The molecule has 5 rings (SSSR count). The summed E-state index contributed by atoms with van der Waals surface area (Å²) in [6.45, 7) is 4.73. The van der Waals surface area contributed by atoms with Gasteiger partial charge in [0.2, 0.25) is 5.89 Å². The number of oxazole rings is 1. The number of hydrogen-bond acceptors (Lipinski definition) is 5. The van der Waals surface area contributed by atoms with Gasteiger partial charge in [-0.25, -0.2) is 4.98 Å². The molecule has 0 amide bonds. The van der Waals surface area contributed by atoms with Crippen LogP contribution < -0.4 is 9.64 Å². The van der Waals surface area contributed by atoms with Gasteiger partial charge in [-0.2, -0.15) is 0 Å². The molecule has 1 N–H and O–H groups in total. The molecule has 0 saturated carbocycles. The molecule has 1 saturated heterocycles. The minimum Gasteiger partial charge on any atom is -0.493 e. The van der Waals surface area contributed by atoms with Gasteiger partial charge in [-0.05, 0) is 92.5 Å². The number of ether oxygens (including phenoxy) is 1. The number of aromatic nitrogens is 1. The first-order chi connectivity index (χ1) is 16.6. The Morgan fingerprint density at radius 2 is 1.94 bits per heavy atom. The fraction of sp³-hybridized carbons (Fsp3) is 0.429. The number of carboxylic acids is 1. The van der Waals surface area contributed by atoms with Gasteiger partial charge < -0.3 is 19.2 Å². The number of nitrogens with zero attached hydrogens (tertiary/aromatic N) is 2. The zero-order chi connectivity index (χ0) is 23.5. The second kappa shape index (κ2) is 9.92. The van der Waals surface area contributed by atoms with E-state index in [1.54, 1.807) is 0 Å². The minimum absolute atomic E-state index is 0.117. The lowest BCUT2D eigenvalue weighted by atomic mass is 9.98. The molecule has 6 heteroatoms. The van der Waals surface area contributed by atoms with Crippen molar-refractivity contribution in [2.24, 2.45) is 0 Å². The molecule has 3 aromatic rings. The smallest absolute Gasteiger partial charge is 0.303 e. The first-order valence-electron chi connectivity index (χ1n) is 12.4. The second-order valence-electron chi connectivity index (χ2n) is 9.41. The Hall–Kier alpha value is -3.28. The molecule has 2 heterocycles. The average Bonchev–Trinajstić information content (AvgIpc) is 3.42. The number of fused-ring (bicyclic) bond motifs is 1. The number of rotatable bonds is 8. The molecule has 0 bridgehead atoms. The van der Waals surface area contributed by atoms with Crippen molar-refractivity contribution in [3.63, 3.8) is 0 Å². The van der Waals surface area contributed by atoms with E-state index in [1.807, 2.05) is 19.1 Å². The van der Waals surface area contributed by atoms with Gasteiger partial charge in [-0.15, -0.1) is 0 Å². The van der Waals surface area contributed by atoms with Gasteiger partial charge in [-0.1, -0.05) is 6.07 Å². The summed E-state index contributed by atoms with van der Waals surface area (Å²) in [5.41, 5.74) is 5.53. The van der Waals surface area contributed by atoms with E-state index < -0.39 is 5.97 Å². The van der Waals surface area contributed by atoms with Gasteiger partial charge in [0.15, 0.2) is 0 Å². The van der Waals surface area contributed by atoms with Crippen molar-refractivity contribution < 1.29 is 19.1 Å². The van der Waals surface area contributed by atoms with E-state index in [0.717, 1.165) is 54.3 Å². The summed E-state index contributed by atoms with van der Waals surface area (Å²) in [6, 6.07) is 14.6. The molecule has 2 aliphatic rings. The summed E-state index contributed by atoms with van der Waals surface area (Å²) in [4.78, 5) is 18.2. The maximum atomic E-state index is 11.1. The van der Waals surface area contributed by atoms with E-state index in [1.165, 1.54) is 30.5 Å². The lowest BCUT2D eigenvalue weighted by molar-refractivity contribution is -0.137. The SMILES string of the molecule is Cc1oc(-c2ccc(N3CCCCC3)cc2)nc1CCOc1ccc2c(c1)CC[C@H]2CC(=O)O. The van der Waals surface area contributed by atoms with Crippen molar-refractivity contribution in [1.29, 1.82) is 0 Å². The van der Waals surface area contributed by atoms with E-state index in [9.17, 15) is 4.79 Å². The van der Waals surface area contributed by atoms with Gasteiger partial charge in [0, 0.05) is 30.8 Å². The predicted molar refractivity (Wildman–Crippen MR) is 132 cm³/mol. The number of benzene rings is 2. The first kappa shape index (κ1) is 22.5. The van der Waals surface area contributed by atoms with Gasteiger partial charge in [0.25, 0.3) is 0 Å². The van der Waals surface area contributed by atoms with Gasteiger partial charge >= 0.3 is 5.97 Å². The van der Waals surface area contributed by atoms with Crippen LogP contribution in [0.4, 0.5) is 5.69 Å². The number of anilines is 1. The predicted octanol–water partition coefficient (Wildman–Crippen LogP) is 5.77. The Morgan fingerprint density at radius 3 is 2.71 bits per heavy atom. The van der Waals surface area contributed by atoms with Crippen LogP contribution in [0.15, 0.2) is 46.9 Å². The number of carbonyl (C=O) groups is 1. The van der Waals surface area contributed by atoms with Crippen LogP contribution in [0.2, 0.25) is 0 Å². The largest absolute Gasteiger partial charge is 0.493 e. The van der Waals surface area contributed by atoms with E-state index in [0.29, 0.717) is 18.9 Å². The van der Waals surface area contributed by atoms with E-state index in [4.69, 9.17) is 19.2 Å². The third kappa shape index (κ3) is 4.96. The van der Waals surface area contributed by atoms with Gasteiger partial charge in [0.05, 0.1) is 18.7 Å². The van der Waals surface area contributed by atoms with E-state index in [-0.39, 0.29) is 12.3 Å². The third-order valence-corrected chi connectivity index (χ3v) is 7.07. The number of aliphatic carboxylic acids is 1. The maximum absolute atomic E-state index is 11.1. The van der Waals surface area contributed by atoms with Crippen molar-refractivity contribution in [2.75, 3.05) is 24.6 Å². The molecule has 1 fully saturated rings. The van der Waals surface area contributed by atoms with Crippen LogP contribution in [0.5, 0.6) is 5.75 Å². The monoisotopic (exact) mass is 460 g/mol. The van der Waals surface area contributed by atoms with Crippen LogP contribution in [-0.2, 0) is 17.6 Å². The van der Waals surface area contributed by atoms with E-state index >= 15 is 0 Å². The van der Waals surface area contributed by atoms with Crippen LogP contribution in [0.3, 0.4) is 0 Å². The van der Waals surface area contributed by atoms with Crippen molar-refractivity contribution in [3.8, 4) is 17.2 Å². The van der Waals surface area contributed by atoms with Crippen LogP contribution in [0.25, 0.3) is 11.5 Å². The summed E-state index contributed by atoms with van der Waals surface area (Å²) in [5.74, 6) is 1.68. The highest BCUT2D eigenvalue weighted by atomic mass is 16.5. The highest BCUT2D eigenvalue weighted by molar-refractivity contribution is 5.68. The van der Waals surface area contributed by atoms with Crippen LogP contribution in [0, 0.1) is 6.92 Å². The topological polar surface area (TPSA) is 75.8 Å². The molecule has 1 aliphatic carbocycles. The van der Waals surface area contributed by atoms with Gasteiger partial charge in [0.1, 0.15) is 11.5 Å². The van der Waals surface area contributed by atoms with Crippen molar-refractivity contribution in [3.05, 3.63) is 65.0 Å². The molecule has 178 valence electrons. The molecule has 0 spiro atoms. The number of aryl methyl sites for hydroxylation is 2. The normalized spacial score (nSPS) is 17.6.